The van der Waals surface area contributed by atoms with Crippen molar-refractivity contribution in [1.82, 2.24) is 9.97 Å². The number of carbonyl (C=O) groups is 1. The number of rotatable bonds is 29. The number of fused-ring (bicyclic) bond motifs is 1. The fourth-order valence-electron chi connectivity index (χ4n) is 6.91. The molecule has 0 aliphatic carbocycles. The third-order valence-corrected chi connectivity index (χ3v) is 12.5. The quantitative estimate of drug-likeness (QED) is 0.00924. The smallest absolute Gasteiger partial charge is 0.255 e. The number of nitrogens with one attached hydrogen (secondary N) is 5. The maximum atomic E-state index is 12.9. The monoisotopic (exact) mass is 1180 g/mol. The van der Waals surface area contributed by atoms with Gasteiger partial charge in [0.2, 0.25) is 11.8 Å². The molecule has 0 radical (unpaired) electrons. The number of hydrogen-bond acceptors (Lipinski definition) is 27. The van der Waals surface area contributed by atoms with E-state index in [2.05, 4.69) is 35.7 Å². The number of carbonyl (C=O) groups excluding carboxylic acids is 1. The number of aliphatic hydroxyl groups is 9. The van der Waals surface area contributed by atoms with Gasteiger partial charge in [0, 0.05) is 28.6 Å². The predicted octanol–water partition coefficient (Wildman–Crippen LogP) is -4.86. The van der Waals surface area contributed by atoms with Crippen LogP contribution in [0.5, 0.6) is 17.5 Å². The molecule has 5 rings (SSSR count). The number of azo groups is 2. The molecule has 0 atom stereocenters. The summed E-state index contributed by atoms with van der Waals surface area (Å²) >= 11 is 0. The molecule has 0 saturated heterocycles. The van der Waals surface area contributed by atoms with Crippen molar-refractivity contribution in [2.24, 2.45) is 20.5 Å². The number of anilines is 2. The van der Waals surface area contributed by atoms with Crippen LogP contribution in [0.2, 0.25) is 0 Å². The zero-order chi connectivity index (χ0) is 60.4. The summed E-state index contributed by atoms with van der Waals surface area (Å²) in [6.45, 7) is 8.26. The van der Waals surface area contributed by atoms with E-state index in [1.54, 1.807) is 6.92 Å². The van der Waals surface area contributed by atoms with E-state index in [4.69, 9.17) is 56.0 Å². The number of aromatic hydroxyl groups is 1. The van der Waals surface area contributed by atoms with Gasteiger partial charge in [-0.15, -0.1) is 10.2 Å². The van der Waals surface area contributed by atoms with Gasteiger partial charge in [-0.2, -0.15) is 20.5 Å². The number of aliphatic hydroxyl groups excluding tert-OH is 9. The second kappa shape index (κ2) is 37.8. The molecular weight excluding hydrogens is 1110 g/mol. The first-order chi connectivity index (χ1) is 38.7. The Kier molecular flexibility index (Phi) is 32.7. The summed E-state index contributed by atoms with van der Waals surface area (Å²) in [7, 11) is -10.2. The number of aromatic nitrogens is 2. The summed E-state index contributed by atoms with van der Waals surface area (Å²) in [5, 5.41) is 127. The molecule has 1 heterocycles. The minimum Gasteiger partial charge on any atom is -0.857 e. The number of nitriles is 1. The summed E-state index contributed by atoms with van der Waals surface area (Å²) in [6, 6.07) is 15.5. The van der Waals surface area contributed by atoms with Gasteiger partial charge in [0.05, 0.1) is 87.2 Å². The Bertz CT molecular complexity index is 2920. The third kappa shape index (κ3) is 25.5. The van der Waals surface area contributed by atoms with E-state index < -0.39 is 59.3 Å². The van der Waals surface area contributed by atoms with Crippen LogP contribution >= 0.6 is 0 Å². The van der Waals surface area contributed by atoms with E-state index in [1.807, 2.05) is 5.32 Å². The van der Waals surface area contributed by atoms with E-state index in [9.17, 15) is 40.9 Å². The zero-order valence-electron chi connectivity index (χ0n) is 44.0. The van der Waals surface area contributed by atoms with Gasteiger partial charge >= 0.3 is 0 Å². The first-order valence-electron chi connectivity index (χ1n) is 24.6. The van der Waals surface area contributed by atoms with Crippen molar-refractivity contribution in [3.05, 3.63) is 78.4 Å². The fraction of sp³-hybridized carbons (Fsp3) is 0.417. The van der Waals surface area contributed by atoms with Crippen LogP contribution < -0.4 is 35.2 Å². The summed E-state index contributed by atoms with van der Waals surface area (Å²) in [5.41, 5.74) is 0.493. The Morgan fingerprint density at radius 3 is 1.54 bits per heavy atom. The van der Waals surface area contributed by atoms with Crippen LogP contribution in [0.1, 0.15) is 17.3 Å². The lowest BCUT2D eigenvalue weighted by molar-refractivity contribution is -0.901. The molecule has 33 heteroatoms. The largest absolute Gasteiger partial charge is 0.857 e. The molecule has 15 N–H and O–H groups in total. The molecule has 1 amide bonds. The Hall–Kier alpha value is -7.08. The molecule has 0 saturated carbocycles. The van der Waals surface area contributed by atoms with Crippen LogP contribution in [-0.2, 0) is 20.2 Å². The van der Waals surface area contributed by atoms with E-state index in [0.29, 0.717) is 70.7 Å². The van der Waals surface area contributed by atoms with Gasteiger partial charge in [-0.3, -0.25) is 10.1 Å². The standard InChI is InChI=1S/C30H23N9O10S2.3C6H15NO3/c1-2-49-24-13-19(33-27(40)16-3-6-18(7-4-16)36-39-26-28(41)34-30(32-15-31)35-29(26)42)9-10-23(24)38-37-20-8-5-17-11-21(50(43,44)45)14-25(22(17)12-20)51(46,47)48;3*8-4-1-7(2-5-9)3-6-10/h3-14H,2H2,1H3,(H,33,40)(H,43,44,45)(H,46,47,48)(H3,32,34,35,41,42);3*8-10H,1-6H2. The highest BCUT2D eigenvalue weighted by Crippen LogP contribution is 2.36. The van der Waals surface area contributed by atoms with Gasteiger partial charge in [0.25, 0.3) is 5.91 Å². The number of hydrogen-bond donors (Lipinski definition) is 15. The first kappa shape index (κ1) is 70.0. The maximum Gasteiger partial charge on any atom is 0.255 e. The zero-order valence-corrected chi connectivity index (χ0v) is 45.6. The highest BCUT2D eigenvalue weighted by atomic mass is 32.2. The van der Waals surface area contributed by atoms with Crippen molar-refractivity contribution in [2.75, 3.05) is 136 Å². The van der Waals surface area contributed by atoms with Crippen molar-refractivity contribution in [3.63, 3.8) is 0 Å². The van der Waals surface area contributed by atoms with Crippen LogP contribution in [0.4, 0.5) is 34.4 Å². The minimum atomic E-state index is -5.19. The van der Waals surface area contributed by atoms with Gasteiger partial charge in [-0.25, -0.2) is 21.8 Å². The van der Waals surface area contributed by atoms with Gasteiger partial charge in [0.1, 0.15) is 90.6 Å². The third-order valence-electron chi connectivity index (χ3n) is 10.8. The molecular formula is C48H68N12O19S2. The van der Waals surface area contributed by atoms with Crippen LogP contribution in [-0.4, -0.2) is 218 Å². The number of quaternary nitrogens is 3. The predicted molar refractivity (Wildman–Crippen MR) is 283 cm³/mol. The van der Waals surface area contributed by atoms with E-state index in [-0.39, 0.29) is 105 Å². The van der Waals surface area contributed by atoms with Crippen molar-refractivity contribution in [3.8, 4) is 23.7 Å². The molecule has 0 unspecified atom stereocenters. The van der Waals surface area contributed by atoms with Crippen molar-refractivity contribution in [2.45, 2.75) is 16.7 Å². The lowest BCUT2D eigenvalue weighted by Gasteiger charge is -2.15. The number of ether oxygens (including phenoxy) is 1. The van der Waals surface area contributed by atoms with E-state index >= 15 is 0 Å². The lowest BCUT2D eigenvalue weighted by Crippen LogP contribution is -3.13. The van der Waals surface area contributed by atoms with Crippen molar-refractivity contribution >= 4 is 71.3 Å². The average Bonchev–Trinajstić information content (AvgIpc) is 3.43. The Morgan fingerprint density at radius 2 is 1.11 bits per heavy atom. The van der Waals surface area contributed by atoms with Gasteiger partial charge in [-0.1, -0.05) is 6.07 Å². The van der Waals surface area contributed by atoms with Crippen LogP contribution in [0.15, 0.2) is 103 Å². The molecule has 5 aromatic rings. The molecule has 81 heavy (non-hydrogen) atoms. The van der Waals surface area contributed by atoms with Crippen molar-refractivity contribution < 1.29 is 106 Å². The molecule has 4 aromatic carbocycles. The Labute approximate surface area is 466 Å². The molecule has 0 fully saturated rings. The summed E-state index contributed by atoms with van der Waals surface area (Å²) < 4.78 is 75.7. The molecule has 446 valence electrons. The van der Waals surface area contributed by atoms with Gasteiger partial charge < -0.3 is 90.0 Å². The second-order valence-electron chi connectivity index (χ2n) is 16.5. The second-order valence-corrected chi connectivity index (χ2v) is 19.3. The van der Waals surface area contributed by atoms with Crippen molar-refractivity contribution in [1.29, 1.82) is 5.26 Å². The van der Waals surface area contributed by atoms with Gasteiger partial charge in [-0.05, 0) is 73.0 Å². The normalized spacial score (nSPS) is 11.5. The molecule has 0 bridgehead atoms. The highest BCUT2D eigenvalue weighted by molar-refractivity contribution is 7.86. The average molecular weight is 1180 g/mol. The lowest BCUT2D eigenvalue weighted by atomic mass is 10.1. The SMILES string of the molecule is CCOc1cc(NC(=O)c2ccc(N=Nc3c([O-])nc(NC#N)nc3O)cc2)ccc1N=Nc1ccc2cc(S(=O)(=O)[O-])cc(S(=O)(=O)[O-])c2c1.OCC[NH+](CCO)CCO.OCC[NH+](CCO)CCO.OCC[NH+](CCO)CCO. The van der Waals surface area contributed by atoms with Gasteiger partial charge in [0.15, 0.2) is 11.9 Å². The molecule has 31 nitrogen and oxygen atoms in total. The maximum absolute atomic E-state index is 12.9. The first-order valence-corrected chi connectivity index (χ1v) is 27.4. The number of amides is 1. The molecule has 0 aliphatic heterocycles. The Morgan fingerprint density at radius 1 is 0.630 bits per heavy atom. The van der Waals surface area contributed by atoms with Crippen LogP contribution in [0.3, 0.4) is 0 Å². The molecule has 1 aromatic heterocycles. The topological polar surface area (TPSA) is 502 Å². The summed E-state index contributed by atoms with van der Waals surface area (Å²) in [4.78, 5) is 21.2. The van der Waals surface area contributed by atoms with Crippen LogP contribution in [0.25, 0.3) is 10.8 Å². The summed E-state index contributed by atoms with van der Waals surface area (Å²) in [5.74, 6) is -2.47. The molecule has 0 aliphatic rings. The number of nitrogens with zero attached hydrogens (tertiary/aromatic N) is 7. The van der Waals surface area contributed by atoms with E-state index in [0.717, 1.165) is 20.8 Å². The Balaban J connectivity index is 0.000000605. The van der Waals surface area contributed by atoms with E-state index in [1.165, 1.54) is 66.9 Å². The number of benzene rings is 4. The fourth-order valence-corrected chi connectivity index (χ4v) is 8.24. The minimum absolute atomic E-state index is 0.000149. The highest BCUT2D eigenvalue weighted by Gasteiger charge is 2.16. The van der Waals surface area contributed by atoms with Crippen LogP contribution in [0, 0.1) is 11.5 Å². The molecule has 0 spiro atoms. The summed E-state index contributed by atoms with van der Waals surface area (Å²) in [6.07, 6.45) is 1.51.